The number of hydrogen-bond acceptors (Lipinski definition) is 2. The van der Waals surface area contributed by atoms with Crippen LogP contribution in [-0.2, 0) is 5.21 Å². The standard InChI is InChI=1S/C16H19N2O/c1-6-7-12-8-10-13(11-9-12)14-17-15(2,3)16(4,5)18(14)19/h8-11H,1-5H3. The quantitative estimate of drug-likeness (QED) is 0.710. The molecule has 1 aliphatic heterocycles. The molecule has 3 nitrogen and oxygen atoms in total. The molecule has 1 heterocycles. The topological polar surface area (TPSA) is 35.5 Å². The second-order valence-electron chi connectivity index (χ2n) is 5.80. The Bertz CT molecular complexity index is 571. The number of amidine groups is 1. The van der Waals surface area contributed by atoms with Crippen molar-refractivity contribution in [2.75, 3.05) is 0 Å². The van der Waals surface area contributed by atoms with E-state index < -0.39 is 11.1 Å². The lowest BCUT2D eigenvalue weighted by atomic mass is 9.84. The normalized spacial score (nSPS) is 19.7. The number of aliphatic imine (C=N–C) groups is 1. The van der Waals surface area contributed by atoms with Crippen LogP contribution >= 0.6 is 0 Å². The Balaban J connectivity index is 2.40. The fourth-order valence-electron chi connectivity index (χ4n) is 1.99. The van der Waals surface area contributed by atoms with E-state index >= 15 is 0 Å². The second kappa shape index (κ2) is 4.40. The van der Waals surface area contributed by atoms with E-state index in [1.165, 1.54) is 0 Å². The molecule has 0 amide bonds. The van der Waals surface area contributed by atoms with E-state index in [1.807, 2.05) is 52.0 Å². The van der Waals surface area contributed by atoms with Crippen molar-refractivity contribution >= 4 is 5.84 Å². The highest BCUT2D eigenvalue weighted by molar-refractivity contribution is 6.00. The zero-order valence-corrected chi connectivity index (χ0v) is 12.1. The van der Waals surface area contributed by atoms with Crippen molar-refractivity contribution in [3.63, 3.8) is 0 Å². The smallest absolute Gasteiger partial charge is 0.159 e. The Morgan fingerprint density at radius 1 is 1.11 bits per heavy atom. The average Bonchev–Trinajstić information content (AvgIpc) is 2.51. The first-order chi connectivity index (χ1) is 8.79. The summed E-state index contributed by atoms with van der Waals surface area (Å²) in [5.74, 6) is 6.35. The third kappa shape index (κ3) is 2.13. The van der Waals surface area contributed by atoms with Gasteiger partial charge in [-0.05, 0) is 58.9 Å². The zero-order valence-electron chi connectivity index (χ0n) is 12.1. The van der Waals surface area contributed by atoms with Gasteiger partial charge in [-0.25, -0.2) is 0 Å². The summed E-state index contributed by atoms with van der Waals surface area (Å²) in [6, 6.07) is 7.64. The molecular formula is C16H19N2O. The van der Waals surface area contributed by atoms with Crippen LogP contribution in [0.3, 0.4) is 0 Å². The van der Waals surface area contributed by atoms with Crippen LogP contribution in [-0.4, -0.2) is 22.0 Å². The van der Waals surface area contributed by atoms with Crippen LogP contribution in [0.15, 0.2) is 29.3 Å². The van der Waals surface area contributed by atoms with Gasteiger partial charge in [-0.15, -0.1) is 5.92 Å². The van der Waals surface area contributed by atoms with Crippen LogP contribution in [0.25, 0.3) is 0 Å². The van der Waals surface area contributed by atoms with Crippen LogP contribution in [0.1, 0.15) is 45.7 Å². The lowest BCUT2D eigenvalue weighted by Gasteiger charge is -2.35. The highest BCUT2D eigenvalue weighted by Gasteiger charge is 2.50. The van der Waals surface area contributed by atoms with E-state index in [4.69, 9.17) is 0 Å². The molecule has 1 aromatic carbocycles. The van der Waals surface area contributed by atoms with Crippen LogP contribution in [0.2, 0.25) is 0 Å². The summed E-state index contributed by atoms with van der Waals surface area (Å²) < 4.78 is 0. The van der Waals surface area contributed by atoms with Crippen molar-refractivity contribution < 1.29 is 5.21 Å². The monoisotopic (exact) mass is 255 g/mol. The first-order valence-corrected chi connectivity index (χ1v) is 6.40. The van der Waals surface area contributed by atoms with Gasteiger partial charge in [0.25, 0.3) is 0 Å². The maximum Gasteiger partial charge on any atom is 0.159 e. The SMILES string of the molecule is CC#Cc1ccc(C2=NC(C)(C)C(C)(C)N2[O])cc1. The Labute approximate surface area is 114 Å². The van der Waals surface area contributed by atoms with Gasteiger partial charge in [0, 0.05) is 11.1 Å². The summed E-state index contributed by atoms with van der Waals surface area (Å²) in [6.07, 6.45) is 0. The van der Waals surface area contributed by atoms with Crippen LogP contribution in [0.4, 0.5) is 0 Å². The van der Waals surface area contributed by atoms with Crippen molar-refractivity contribution in [2.24, 2.45) is 4.99 Å². The van der Waals surface area contributed by atoms with Crippen molar-refractivity contribution in [1.82, 2.24) is 5.06 Å². The molecule has 1 radical (unpaired) electrons. The molecule has 2 rings (SSSR count). The number of benzene rings is 1. The number of nitrogens with zero attached hydrogens (tertiary/aromatic N) is 2. The van der Waals surface area contributed by atoms with Gasteiger partial charge in [-0.2, -0.15) is 5.06 Å². The van der Waals surface area contributed by atoms with E-state index in [1.54, 1.807) is 6.92 Å². The Hall–Kier alpha value is -1.79. The summed E-state index contributed by atoms with van der Waals surface area (Å²) >= 11 is 0. The summed E-state index contributed by atoms with van der Waals surface area (Å²) in [5, 5.41) is 13.4. The minimum Gasteiger partial charge on any atom is -0.257 e. The van der Waals surface area contributed by atoms with Crippen LogP contribution < -0.4 is 0 Å². The molecule has 99 valence electrons. The minimum atomic E-state index is -0.537. The van der Waals surface area contributed by atoms with E-state index in [2.05, 4.69) is 16.8 Å². The van der Waals surface area contributed by atoms with E-state index in [9.17, 15) is 5.21 Å². The average molecular weight is 255 g/mol. The maximum atomic E-state index is 12.4. The van der Waals surface area contributed by atoms with Gasteiger partial charge in [-0.3, -0.25) is 4.99 Å². The first-order valence-electron chi connectivity index (χ1n) is 6.40. The molecule has 0 saturated heterocycles. The molecule has 0 bridgehead atoms. The molecule has 19 heavy (non-hydrogen) atoms. The number of rotatable bonds is 1. The van der Waals surface area contributed by atoms with E-state index in [0.29, 0.717) is 5.84 Å². The highest BCUT2D eigenvalue weighted by Crippen LogP contribution is 2.37. The van der Waals surface area contributed by atoms with Crippen molar-refractivity contribution in [1.29, 1.82) is 0 Å². The number of hydrogen-bond donors (Lipinski definition) is 0. The molecule has 1 aliphatic rings. The molecule has 0 atom stereocenters. The molecule has 0 saturated carbocycles. The summed E-state index contributed by atoms with van der Waals surface area (Å²) in [6.45, 7) is 9.63. The van der Waals surface area contributed by atoms with E-state index in [-0.39, 0.29) is 0 Å². The van der Waals surface area contributed by atoms with Gasteiger partial charge < -0.3 is 0 Å². The molecule has 0 aliphatic carbocycles. The Morgan fingerprint density at radius 2 is 1.68 bits per heavy atom. The molecule has 0 unspecified atom stereocenters. The van der Waals surface area contributed by atoms with Gasteiger partial charge >= 0.3 is 0 Å². The fourth-order valence-corrected chi connectivity index (χ4v) is 1.99. The fraction of sp³-hybridized carbons (Fsp3) is 0.438. The van der Waals surface area contributed by atoms with Gasteiger partial charge in [0.2, 0.25) is 0 Å². The van der Waals surface area contributed by atoms with Crippen molar-refractivity contribution in [2.45, 2.75) is 45.7 Å². The summed E-state index contributed by atoms with van der Waals surface area (Å²) in [7, 11) is 0. The van der Waals surface area contributed by atoms with Crippen molar-refractivity contribution in [3.05, 3.63) is 35.4 Å². The van der Waals surface area contributed by atoms with Gasteiger partial charge in [-0.1, -0.05) is 11.1 Å². The maximum absolute atomic E-state index is 12.4. The van der Waals surface area contributed by atoms with Crippen LogP contribution in [0, 0.1) is 11.8 Å². The Morgan fingerprint density at radius 3 is 2.11 bits per heavy atom. The second-order valence-corrected chi connectivity index (χ2v) is 5.80. The largest absolute Gasteiger partial charge is 0.257 e. The third-order valence-electron chi connectivity index (χ3n) is 4.00. The lowest BCUT2D eigenvalue weighted by molar-refractivity contribution is -0.158. The van der Waals surface area contributed by atoms with Gasteiger partial charge in [0.15, 0.2) is 5.84 Å². The predicted octanol–water partition coefficient (Wildman–Crippen LogP) is 3.02. The lowest BCUT2D eigenvalue weighted by Crippen LogP contribution is -2.50. The van der Waals surface area contributed by atoms with E-state index in [0.717, 1.165) is 16.2 Å². The molecule has 0 spiro atoms. The number of hydroxylamine groups is 2. The van der Waals surface area contributed by atoms with Crippen molar-refractivity contribution in [3.8, 4) is 11.8 Å². The zero-order chi connectivity index (χ0) is 14.3. The minimum absolute atomic E-state index is 0.397. The van der Waals surface area contributed by atoms with Crippen LogP contribution in [0.5, 0.6) is 0 Å². The Kier molecular flexibility index (Phi) is 3.15. The first kappa shape index (κ1) is 13.6. The summed E-state index contributed by atoms with van der Waals surface area (Å²) in [4.78, 5) is 4.59. The van der Waals surface area contributed by atoms with Gasteiger partial charge in [0.1, 0.15) is 0 Å². The summed E-state index contributed by atoms with van der Waals surface area (Å²) in [5.41, 5.74) is 0.854. The molecule has 0 aromatic heterocycles. The molecule has 1 aromatic rings. The highest BCUT2D eigenvalue weighted by atomic mass is 16.5. The molecule has 0 fully saturated rings. The van der Waals surface area contributed by atoms with Gasteiger partial charge in [0.05, 0.1) is 11.1 Å². The molecular weight excluding hydrogens is 236 g/mol. The third-order valence-corrected chi connectivity index (χ3v) is 4.00. The molecule has 0 N–H and O–H groups in total. The molecule has 3 heteroatoms. The predicted molar refractivity (Wildman–Crippen MR) is 76.2 cm³/mol.